The van der Waals surface area contributed by atoms with Crippen LogP contribution >= 0.6 is 0 Å². The summed E-state index contributed by atoms with van der Waals surface area (Å²) in [6.45, 7) is 3.98. The van der Waals surface area contributed by atoms with Gasteiger partial charge in [-0.25, -0.2) is 9.59 Å². The van der Waals surface area contributed by atoms with Crippen LogP contribution in [-0.4, -0.2) is 28.8 Å². The average Bonchev–Trinajstić information content (AvgIpc) is 2.10. The van der Waals surface area contributed by atoms with Crippen LogP contribution in [0, 0.1) is 0 Å². The molecule has 0 N–H and O–H groups in total. The van der Waals surface area contributed by atoms with Gasteiger partial charge in [0.05, 0.1) is 7.11 Å². The Morgan fingerprint density at radius 2 is 1.77 bits per heavy atom. The lowest BCUT2D eigenvalue weighted by molar-refractivity contribution is -0.135. The van der Waals surface area contributed by atoms with Gasteiger partial charge in [0.2, 0.25) is 9.76 Å². The SMILES string of the molecule is COC(=O)C=CC(=O)O[SiH2]C(C)C. The molecule has 0 heterocycles. The summed E-state index contributed by atoms with van der Waals surface area (Å²) >= 11 is 0. The summed E-state index contributed by atoms with van der Waals surface area (Å²) in [5, 5.41) is 0. The summed E-state index contributed by atoms with van der Waals surface area (Å²) in [5.74, 6) is -1.02. The molecular formula is C8H14O4Si. The summed E-state index contributed by atoms with van der Waals surface area (Å²) in [6, 6.07) is 0. The summed E-state index contributed by atoms with van der Waals surface area (Å²) < 4.78 is 9.21. The molecule has 0 atom stereocenters. The van der Waals surface area contributed by atoms with Crippen molar-refractivity contribution in [3.63, 3.8) is 0 Å². The Hall–Kier alpha value is -1.10. The van der Waals surface area contributed by atoms with Crippen LogP contribution in [0.4, 0.5) is 0 Å². The molecule has 0 fully saturated rings. The molecule has 0 aliphatic rings. The molecular weight excluding hydrogens is 188 g/mol. The zero-order valence-corrected chi connectivity index (χ0v) is 9.49. The second-order valence-electron chi connectivity index (χ2n) is 2.88. The number of carbonyl (C=O) groups excluding carboxylic acids is 2. The molecule has 0 aromatic carbocycles. The minimum Gasteiger partial charge on any atom is -0.522 e. The highest BCUT2D eigenvalue weighted by atomic mass is 28.2. The standard InChI is InChI=1S/C8H14O4Si/c1-6(2)13-12-8(10)5-4-7(9)11-3/h4-6H,13H2,1-3H3. The van der Waals surface area contributed by atoms with E-state index in [1.165, 1.54) is 7.11 Å². The summed E-state index contributed by atoms with van der Waals surface area (Å²) in [6.07, 6.45) is 2.14. The van der Waals surface area contributed by atoms with Crippen molar-refractivity contribution in [2.45, 2.75) is 19.4 Å². The number of carbonyl (C=O) groups is 2. The molecule has 0 aromatic rings. The van der Waals surface area contributed by atoms with Gasteiger partial charge in [-0.1, -0.05) is 13.8 Å². The van der Waals surface area contributed by atoms with Crippen LogP contribution in [0.2, 0.25) is 5.54 Å². The molecule has 0 radical (unpaired) electrons. The van der Waals surface area contributed by atoms with Gasteiger partial charge in [0.15, 0.2) is 0 Å². The highest BCUT2D eigenvalue weighted by molar-refractivity contribution is 6.32. The lowest BCUT2D eigenvalue weighted by atomic mass is 10.5. The van der Waals surface area contributed by atoms with Crippen LogP contribution in [0.25, 0.3) is 0 Å². The van der Waals surface area contributed by atoms with E-state index in [9.17, 15) is 9.59 Å². The first-order chi connectivity index (χ1) is 6.06. The topological polar surface area (TPSA) is 52.6 Å². The van der Waals surface area contributed by atoms with Crippen molar-refractivity contribution in [2.75, 3.05) is 7.11 Å². The molecule has 0 aliphatic carbocycles. The first kappa shape index (κ1) is 11.9. The monoisotopic (exact) mass is 202 g/mol. The van der Waals surface area contributed by atoms with Gasteiger partial charge in [-0.15, -0.1) is 0 Å². The minimum absolute atomic E-state index is 0.426. The zero-order valence-electron chi connectivity index (χ0n) is 8.07. The molecule has 13 heavy (non-hydrogen) atoms. The van der Waals surface area contributed by atoms with E-state index in [2.05, 4.69) is 4.74 Å². The fraction of sp³-hybridized carbons (Fsp3) is 0.500. The van der Waals surface area contributed by atoms with E-state index in [1.54, 1.807) is 0 Å². The third-order valence-electron chi connectivity index (χ3n) is 1.12. The van der Waals surface area contributed by atoms with Crippen molar-refractivity contribution >= 4 is 21.7 Å². The van der Waals surface area contributed by atoms with Crippen LogP contribution < -0.4 is 0 Å². The Balaban J connectivity index is 3.74. The summed E-state index contributed by atoms with van der Waals surface area (Å²) in [4.78, 5) is 21.4. The molecule has 74 valence electrons. The van der Waals surface area contributed by atoms with E-state index < -0.39 is 21.7 Å². The van der Waals surface area contributed by atoms with E-state index in [0.29, 0.717) is 5.54 Å². The molecule has 0 bridgehead atoms. The van der Waals surface area contributed by atoms with Gasteiger partial charge >= 0.3 is 11.9 Å². The van der Waals surface area contributed by atoms with Crippen LogP contribution in [0.1, 0.15) is 13.8 Å². The van der Waals surface area contributed by atoms with E-state index in [1.807, 2.05) is 13.8 Å². The average molecular weight is 202 g/mol. The third-order valence-corrected chi connectivity index (χ3v) is 2.23. The van der Waals surface area contributed by atoms with Gasteiger partial charge in [-0.3, -0.25) is 0 Å². The fourth-order valence-corrected chi connectivity index (χ4v) is 1.09. The normalized spacial score (nSPS) is 11.4. The number of ether oxygens (including phenoxy) is 1. The van der Waals surface area contributed by atoms with Crippen molar-refractivity contribution in [3.8, 4) is 0 Å². The predicted molar refractivity (Wildman–Crippen MR) is 50.9 cm³/mol. The Kier molecular flexibility index (Phi) is 5.87. The Morgan fingerprint density at radius 1 is 1.23 bits per heavy atom. The van der Waals surface area contributed by atoms with Gasteiger partial charge < -0.3 is 9.16 Å². The maximum Gasteiger partial charge on any atom is 0.330 e. The van der Waals surface area contributed by atoms with Gasteiger partial charge in [-0.2, -0.15) is 0 Å². The lowest BCUT2D eigenvalue weighted by Gasteiger charge is -2.02. The smallest absolute Gasteiger partial charge is 0.330 e. The van der Waals surface area contributed by atoms with Crippen molar-refractivity contribution in [1.82, 2.24) is 0 Å². The number of hydrogen-bond acceptors (Lipinski definition) is 4. The van der Waals surface area contributed by atoms with Crippen molar-refractivity contribution < 1.29 is 18.8 Å². The third kappa shape index (κ3) is 7.26. The van der Waals surface area contributed by atoms with Crippen molar-refractivity contribution in [3.05, 3.63) is 12.2 Å². The second kappa shape index (κ2) is 6.42. The number of methoxy groups -OCH3 is 1. The summed E-state index contributed by atoms with van der Waals surface area (Å²) in [5.41, 5.74) is 0.426. The van der Waals surface area contributed by atoms with Crippen molar-refractivity contribution in [1.29, 1.82) is 0 Å². The number of hydrogen-bond donors (Lipinski definition) is 0. The molecule has 0 rings (SSSR count). The van der Waals surface area contributed by atoms with Gasteiger partial charge in [-0.05, 0) is 5.54 Å². The minimum atomic E-state index is -0.805. The number of esters is 1. The highest BCUT2D eigenvalue weighted by Crippen LogP contribution is 1.97. The first-order valence-corrected chi connectivity index (χ1v) is 5.38. The van der Waals surface area contributed by atoms with Crippen molar-refractivity contribution in [2.24, 2.45) is 0 Å². The lowest BCUT2D eigenvalue weighted by Crippen LogP contribution is -2.09. The molecule has 0 saturated carbocycles. The molecule has 5 heteroatoms. The quantitative estimate of drug-likeness (QED) is 0.370. The maximum atomic E-state index is 10.9. The predicted octanol–water partition coefficient (Wildman–Crippen LogP) is 0.171. The van der Waals surface area contributed by atoms with Crippen LogP contribution in [0.5, 0.6) is 0 Å². The molecule has 0 aliphatic heterocycles. The second-order valence-corrected chi connectivity index (χ2v) is 5.14. The largest absolute Gasteiger partial charge is 0.522 e. The van der Waals surface area contributed by atoms with Gasteiger partial charge in [0.25, 0.3) is 0 Å². The van der Waals surface area contributed by atoms with E-state index in [4.69, 9.17) is 4.43 Å². The number of rotatable bonds is 4. The molecule has 0 unspecified atom stereocenters. The Labute approximate surface area is 79.9 Å². The van der Waals surface area contributed by atoms with Gasteiger partial charge in [0, 0.05) is 12.2 Å². The van der Waals surface area contributed by atoms with Gasteiger partial charge in [0.1, 0.15) is 0 Å². The highest BCUT2D eigenvalue weighted by Gasteiger charge is 2.01. The van der Waals surface area contributed by atoms with E-state index in [-0.39, 0.29) is 0 Å². The molecule has 0 aromatic heterocycles. The van der Waals surface area contributed by atoms with Crippen LogP contribution in [0.15, 0.2) is 12.2 Å². The Morgan fingerprint density at radius 3 is 2.23 bits per heavy atom. The maximum absolute atomic E-state index is 10.9. The molecule has 0 saturated heterocycles. The fourth-order valence-electron chi connectivity index (χ4n) is 0.501. The molecule has 0 amide bonds. The molecule has 4 nitrogen and oxygen atoms in total. The Bertz CT molecular complexity index is 210. The summed E-state index contributed by atoms with van der Waals surface area (Å²) in [7, 11) is 0.445. The van der Waals surface area contributed by atoms with Crippen LogP contribution in [0.3, 0.4) is 0 Å². The van der Waals surface area contributed by atoms with E-state index >= 15 is 0 Å². The van der Waals surface area contributed by atoms with Crippen LogP contribution in [-0.2, 0) is 18.8 Å². The van der Waals surface area contributed by atoms with E-state index in [0.717, 1.165) is 12.2 Å². The zero-order chi connectivity index (χ0) is 10.3. The molecule has 0 spiro atoms. The first-order valence-electron chi connectivity index (χ1n) is 3.99.